The van der Waals surface area contributed by atoms with Crippen LogP contribution in [0, 0.1) is 19.7 Å². The first kappa shape index (κ1) is 16.6. The Morgan fingerprint density at radius 2 is 2.12 bits per heavy atom. The largest absolute Gasteiger partial charge is 0.376 e. The van der Waals surface area contributed by atoms with E-state index >= 15 is 0 Å². The summed E-state index contributed by atoms with van der Waals surface area (Å²) >= 11 is 0. The van der Waals surface area contributed by atoms with Gasteiger partial charge in [0.2, 0.25) is 5.91 Å². The molecule has 1 fully saturated rings. The van der Waals surface area contributed by atoms with Crippen LogP contribution >= 0.6 is 0 Å². The lowest BCUT2D eigenvalue weighted by Crippen LogP contribution is -2.37. The molecule has 0 saturated carbocycles. The van der Waals surface area contributed by atoms with Gasteiger partial charge in [-0.2, -0.15) is 0 Å². The van der Waals surface area contributed by atoms with Crippen LogP contribution in [0.4, 0.5) is 4.39 Å². The van der Waals surface area contributed by atoms with Gasteiger partial charge in [-0.15, -0.1) is 0 Å². The van der Waals surface area contributed by atoms with Gasteiger partial charge >= 0.3 is 0 Å². The van der Waals surface area contributed by atoms with E-state index in [1.807, 2.05) is 6.92 Å². The monoisotopic (exact) mass is 332 g/mol. The van der Waals surface area contributed by atoms with Crippen LogP contribution in [0.5, 0.6) is 0 Å². The highest BCUT2D eigenvalue weighted by Crippen LogP contribution is 2.27. The lowest BCUT2D eigenvalue weighted by atomic mass is 9.98. The lowest BCUT2D eigenvalue weighted by molar-refractivity contribution is -0.122. The van der Waals surface area contributed by atoms with Crippen molar-refractivity contribution in [2.75, 3.05) is 6.61 Å². The Morgan fingerprint density at radius 3 is 2.71 bits per heavy atom. The van der Waals surface area contributed by atoms with Gasteiger partial charge < -0.3 is 14.6 Å². The van der Waals surface area contributed by atoms with Crippen LogP contribution < -0.4 is 5.32 Å². The first-order valence-electron chi connectivity index (χ1n) is 8.13. The van der Waals surface area contributed by atoms with Crippen LogP contribution in [-0.4, -0.2) is 23.8 Å². The molecule has 24 heavy (non-hydrogen) atoms. The summed E-state index contributed by atoms with van der Waals surface area (Å²) in [5, 5.41) is 6.90. The van der Waals surface area contributed by atoms with Crippen molar-refractivity contribution >= 4 is 5.91 Å². The van der Waals surface area contributed by atoms with Crippen molar-refractivity contribution in [1.82, 2.24) is 10.5 Å². The predicted molar refractivity (Wildman–Crippen MR) is 85.9 cm³/mol. The second-order valence-corrected chi connectivity index (χ2v) is 6.13. The van der Waals surface area contributed by atoms with E-state index in [0.29, 0.717) is 12.4 Å². The van der Waals surface area contributed by atoms with E-state index < -0.39 is 0 Å². The topological polar surface area (TPSA) is 64.4 Å². The Labute approximate surface area is 140 Å². The van der Waals surface area contributed by atoms with Gasteiger partial charge in [0.15, 0.2) is 0 Å². The van der Waals surface area contributed by atoms with Crippen molar-refractivity contribution in [3.63, 3.8) is 0 Å². The number of aromatic nitrogens is 1. The quantitative estimate of drug-likeness (QED) is 0.914. The van der Waals surface area contributed by atoms with E-state index in [-0.39, 0.29) is 30.3 Å². The van der Waals surface area contributed by atoms with Crippen molar-refractivity contribution in [2.24, 2.45) is 0 Å². The minimum atomic E-state index is -0.299. The molecule has 1 N–H and O–H groups in total. The molecule has 5 nitrogen and oxygen atoms in total. The molecular formula is C18H21FN2O3. The molecule has 1 aromatic carbocycles. The number of benzene rings is 1. The number of hydrogen-bond acceptors (Lipinski definition) is 4. The molecule has 0 radical (unpaired) electrons. The molecule has 2 heterocycles. The van der Waals surface area contributed by atoms with Crippen LogP contribution in [0.15, 0.2) is 28.8 Å². The predicted octanol–water partition coefficient (Wildman–Crippen LogP) is 3.01. The number of aryl methyl sites for hydroxylation is 2. The second-order valence-electron chi connectivity index (χ2n) is 6.13. The Hall–Kier alpha value is -2.21. The summed E-state index contributed by atoms with van der Waals surface area (Å²) in [7, 11) is 0. The van der Waals surface area contributed by atoms with Gasteiger partial charge in [0, 0.05) is 12.2 Å². The Kier molecular flexibility index (Phi) is 4.94. The summed E-state index contributed by atoms with van der Waals surface area (Å²) in [6.07, 6.45) is 1.94. The molecule has 0 bridgehead atoms. The number of nitrogens with one attached hydrogen (secondary N) is 1. The van der Waals surface area contributed by atoms with E-state index in [0.717, 1.165) is 29.7 Å². The number of carbonyl (C=O) groups excluding carboxylic acids is 1. The van der Waals surface area contributed by atoms with E-state index in [2.05, 4.69) is 10.5 Å². The zero-order valence-corrected chi connectivity index (χ0v) is 13.8. The summed E-state index contributed by atoms with van der Waals surface area (Å²) < 4.78 is 24.0. The highest BCUT2D eigenvalue weighted by molar-refractivity contribution is 5.79. The van der Waals surface area contributed by atoms with Crippen molar-refractivity contribution in [2.45, 2.75) is 45.3 Å². The molecule has 1 aromatic heterocycles. The fraction of sp³-hybridized carbons (Fsp3) is 0.444. The minimum absolute atomic E-state index is 0.0934. The molecule has 1 saturated heterocycles. The average molecular weight is 332 g/mol. The number of nitrogens with zero attached hydrogens (tertiary/aromatic N) is 1. The Morgan fingerprint density at radius 1 is 1.38 bits per heavy atom. The van der Waals surface area contributed by atoms with Gasteiger partial charge in [0.1, 0.15) is 11.6 Å². The maximum absolute atomic E-state index is 13.2. The third kappa shape index (κ3) is 3.64. The Bertz CT molecular complexity index is 686. The molecule has 2 aromatic rings. The smallest absolute Gasteiger partial charge is 0.225 e. The van der Waals surface area contributed by atoms with Gasteiger partial charge in [-0.25, -0.2) is 4.39 Å². The van der Waals surface area contributed by atoms with Gasteiger partial charge in [0.05, 0.1) is 24.3 Å². The second kappa shape index (κ2) is 7.13. The minimum Gasteiger partial charge on any atom is -0.376 e. The molecule has 0 unspecified atom stereocenters. The molecule has 128 valence electrons. The van der Waals surface area contributed by atoms with Crippen molar-refractivity contribution in [3.05, 3.63) is 52.7 Å². The first-order valence-corrected chi connectivity index (χ1v) is 8.13. The third-order valence-electron chi connectivity index (χ3n) is 4.40. The maximum Gasteiger partial charge on any atom is 0.225 e. The highest BCUT2D eigenvalue weighted by Gasteiger charge is 2.29. The molecular weight excluding hydrogens is 311 g/mol. The van der Waals surface area contributed by atoms with E-state index in [1.54, 1.807) is 19.1 Å². The molecule has 0 aliphatic carbocycles. The summed E-state index contributed by atoms with van der Waals surface area (Å²) in [5.74, 6) is 0.221. The molecule has 3 rings (SSSR count). The molecule has 1 amide bonds. The van der Waals surface area contributed by atoms with Crippen molar-refractivity contribution in [3.8, 4) is 0 Å². The standard InChI is InChI=1S/C18H21FN2O3/c1-11-15(12(2)24-21-11)10-17(22)20-18(16-4-3-9-23-16)13-5-7-14(19)8-6-13/h5-8,16,18H,3-4,9-10H2,1-2H3,(H,20,22)/t16-,18+/m1/s1. The van der Waals surface area contributed by atoms with Gasteiger partial charge in [-0.1, -0.05) is 17.3 Å². The lowest BCUT2D eigenvalue weighted by Gasteiger charge is -2.25. The van der Waals surface area contributed by atoms with Crippen LogP contribution in [0.25, 0.3) is 0 Å². The molecule has 0 spiro atoms. The van der Waals surface area contributed by atoms with Gasteiger partial charge in [-0.05, 0) is 44.4 Å². The fourth-order valence-corrected chi connectivity index (χ4v) is 3.07. The van der Waals surface area contributed by atoms with E-state index in [4.69, 9.17) is 9.26 Å². The Balaban J connectivity index is 1.76. The van der Waals surface area contributed by atoms with Crippen molar-refractivity contribution < 1.29 is 18.4 Å². The van der Waals surface area contributed by atoms with Crippen LogP contribution in [0.3, 0.4) is 0 Å². The third-order valence-corrected chi connectivity index (χ3v) is 4.40. The van der Waals surface area contributed by atoms with Crippen molar-refractivity contribution in [1.29, 1.82) is 0 Å². The summed E-state index contributed by atoms with van der Waals surface area (Å²) in [6, 6.07) is 5.90. The first-order chi connectivity index (χ1) is 11.5. The summed E-state index contributed by atoms with van der Waals surface area (Å²) in [6.45, 7) is 4.29. The zero-order chi connectivity index (χ0) is 17.1. The molecule has 2 atom stereocenters. The van der Waals surface area contributed by atoms with Crippen LogP contribution in [0.1, 0.15) is 41.5 Å². The van der Waals surface area contributed by atoms with Crippen LogP contribution in [-0.2, 0) is 16.0 Å². The maximum atomic E-state index is 13.2. The molecule has 1 aliphatic heterocycles. The fourth-order valence-electron chi connectivity index (χ4n) is 3.07. The van der Waals surface area contributed by atoms with E-state index in [9.17, 15) is 9.18 Å². The van der Waals surface area contributed by atoms with E-state index in [1.165, 1.54) is 12.1 Å². The zero-order valence-electron chi connectivity index (χ0n) is 13.8. The number of rotatable bonds is 5. The average Bonchev–Trinajstić information content (AvgIpc) is 3.19. The SMILES string of the molecule is Cc1noc(C)c1CC(=O)N[C@@H](c1ccc(F)cc1)[C@H]1CCCO1. The number of amides is 1. The molecule has 1 aliphatic rings. The number of carbonyl (C=O) groups is 1. The highest BCUT2D eigenvalue weighted by atomic mass is 19.1. The summed E-state index contributed by atoms with van der Waals surface area (Å²) in [4.78, 5) is 12.5. The van der Waals surface area contributed by atoms with Crippen LogP contribution in [0.2, 0.25) is 0 Å². The number of halogens is 1. The van der Waals surface area contributed by atoms with Gasteiger partial charge in [-0.3, -0.25) is 4.79 Å². The number of hydrogen-bond donors (Lipinski definition) is 1. The molecule has 6 heteroatoms. The normalized spacial score (nSPS) is 18.5. The van der Waals surface area contributed by atoms with Gasteiger partial charge in [0.25, 0.3) is 0 Å². The summed E-state index contributed by atoms with van der Waals surface area (Å²) in [5.41, 5.74) is 2.37. The number of ether oxygens (including phenoxy) is 1.